The lowest BCUT2D eigenvalue weighted by atomic mass is 9.95. The van der Waals surface area contributed by atoms with Crippen LogP contribution in [-0.2, 0) is 16.2 Å². The first-order chi connectivity index (χ1) is 12.0. The smallest absolute Gasteiger partial charge is 0.241 e. The Morgan fingerprint density at radius 2 is 2.08 bits per heavy atom. The van der Waals surface area contributed by atoms with E-state index in [1.807, 2.05) is 24.3 Å². The number of rotatable bonds is 1. The highest BCUT2D eigenvalue weighted by Gasteiger charge is 2.50. The summed E-state index contributed by atoms with van der Waals surface area (Å²) in [7, 11) is 0. The number of nitrogens with one attached hydrogen (secondary N) is 1. The molecule has 4 nitrogen and oxygen atoms in total. The topological polar surface area (TPSA) is 44.7 Å². The third-order valence-corrected chi connectivity index (χ3v) is 5.74. The van der Waals surface area contributed by atoms with E-state index in [-0.39, 0.29) is 11.5 Å². The number of carbonyl (C=O) groups is 1. The largest absolute Gasteiger partial charge is 0.309 e. The van der Waals surface area contributed by atoms with Gasteiger partial charge in [-0.25, -0.2) is 13.8 Å². The van der Waals surface area contributed by atoms with Crippen molar-refractivity contribution in [1.29, 1.82) is 0 Å². The molecule has 2 aliphatic heterocycles. The molecule has 0 radical (unpaired) electrons. The molecule has 0 saturated carbocycles. The number of carbonyl (C=O) groups excluding carboxylic acids is 1. The summed E-state index contributed by atoms with van der Waals surface area (Å²) < 4.78 is 27.8. The molecule has 2 heterocycles. The minimum absolute atomic E-state index is 0.0659. The summed E-state index contributed by atoms with van der Waals surface area (Å²) in [5.74, 6) is -1.36. The normalized spacial score (nSPS) is 22.0. The van der Waals surface area contributed by atoms with Crippen LogP contribution in [0, 0.1) is 11.6 Å². The summed E-state index contributed by atoms with van der Waals surface area (Å²) in [6.07, 6.45) is 0. The SMILES string of the molecule is CC(=O)N1N=C(c2cc(F)ccc2F)SC12CNCc1ccccc12. The van der Waals surface area contributed by atoms with Gasteiger partial charge in [-0.3, -0.25) is 4.79 Å². The zero-order valence-corrected chi connectivity index (χ0v) is 14.2. The van der Waals surface area contributed by atoms with Gasteiger partial charge in [0.1, 0.15) is 16.7 Å². The number of thioether (sulfide) groups is 1. The first-order valence-electron chi connectivity index (χ1n) is 7.84. The van der Waals surface area contributed by atoms with Gasteiger partial charge in [-0.05, 0) is 29.3 Å². The van der Waals surface area contributed by atoms with E-state index >= 15 is 0 Å². The summed E-state index contributed by atoms with van der Waals surface area (Å²) in [6.45, 7) is 2.58. The molecule has 0 saturated heterocycles. The molecule has 1 atom stereocenters. The van der Waals surface area contributed by atoms with E-state index < -0.39 is 16.5 Å². The number of amides is 1. The Morgan fingerprint density at radius 3 is 2.88 bits per heavy atom. The van der Waals surface area contributed by atoms with Gasteiger partial charge in [0.25, 0.3) is 0 Å². The van der Waals surface area contributed by atoms with Crippen LogP contribution in [0.25, 0.3) is 0 Å². The molecule has 4 rings (SSSR count). The summed E-state index contributed by atoms with van der Waals surface area (Å²) in [5.41, 5.74) is 2.09. The fourth-order valence-electron chi connectivity index (χ4n) is 3.29. The second kappa shape index (κ2) is 5.93. The van der Waals surface area contributed by atoms with Crippen LogP contribution in [0.1, 0.15) is 23.6 Å². The minimum atomic E-state index is -0.797. The molecule has 1 N–H and O–H groups in total. The second-order valence-corrected chi connectivity index (χ2v) is 7.27. The van der Waals surface area contributed by atoms with E-state index in [4.69, 9.17) is 0 Å². The maximum Gasteiger partial charge on any atom is 0.241 e. The van der Waals surface area contributed by atoms with Crippen molar-refractivity contribution in [3.8, 4) is 0 Å². The van der Waals surface area contributed by atoms with E-state index in [0.29, 0.717) is 18.1 Å². The van der Waals surface area contributed by atoms with Crippen molar-refractivity contribution in [3.63, 3.8) is 0 Å². The molecule has 0 aromatic heterocycles. The highest BCUT2D eigenvalue weighted by atomic mass is 32.2. The Hall–Kier alpha value is -2.25. The van der Waals surface area contributed by atoms with E-state index in [2.05, 4.69) is 10.4 Å². The molecule has 2 aliphatic rings. The third kappa shape index (κ3) is 2.54. The Labute approximate surface area is 147 Å². The summed E-state index contributed by atoms with van der Waals surface area (Å²) in [6, 6.07) is 11.0. The average Bonchev–Trinajstić information content (AvgIpc) is 2.98. The summed E-state index contributed by atoms with van der Waals surface area (Å²) >= 11 is 1.27. The molecule has 0 bridgehead atoms. The first kappa shape index (κ1) is 16.2. The Balaban J connectivity index is 1.85. The van der Waals surface area contributed by atoms with Crippen LogP contribution in [-0.4, -0.2) is 22.5 Å². The molecule has 1 spiro atoms. The second-order valence-electron chi connectivity index (χ2n) is 6.01. The standard InChI is InChI=1S/C18H15F2N3OS/c1-11(24)23-18(10-21-9-12-4-2-3-5-15(12)18)25-17(22-23)14-8-13(19)6-7-16(14)20/h2-8,21H,9-10H2,1H3. The van der Waals surface area contributed by atoms with Crippen molar-refractivity contribution in [2.24, 2.45) is 5.10 Å². The molecular weight excluding hydrogens is 344 g/mol. The number of benzene rings is 2. The van der Waals surface area contributed by atoms with Crippen LogP contribution in [0.2, 0.25) is 0 Å². The molecule has 2 aromatic carbocycles. The molecule has 0 aliphatic carbocycles. The van der Waals surface area contributed by atoms with Crippen molar-refractivity contribution < 1.29 is 13.6 Å². The Bertz CT molecular complexity index is 902. The van der Waals surface area contributed by atoms with Crippen LogP contribution in [0.3, 0.4) is 0 Å². The molecule has 1 unspecified atom stereocenters. The van der Waals surface area contributed by atoms with Crippen LogP contribution < -0.4 is 5.32 Å². The number of halogens is 2. The lowest BCUT2D eigenvalue weighted by molar-refractivity contribution is -0.132. The Kier molecular flexibility index (Phi) is 3.85. The number of hydrogen-bond acceptors (Lipinski definition) is 4. The molecule has 128 valence electrons. The fourth-order valence-corrected chi connectivity index (χ4v) is 4.74. The van der Waals surface area contributed by atoms with Gasteiger partial charge < -0.3 is 5.32 Å². The monoisotopic (exact) mass is 359 g/mol. The lowest BCUT2D eigenvalue weighted by Gasteiger charge is -2.39. The predicted molar refractivity (Wildman–Crippen MR) is 92.8 cm³/mol. The van der Waals surface area contributed by atoms with Crippen LogP contribution >= 0.6 is 11.8 Å². The average molecular weight is 359 g/mol. The van der Waals surface area contributed by atoms with Gasteiger partial charge in [-0.2, -0.15) is 5.10 Å². The molecule has 25 heavy (non-hydrogen) atoms. The van der Waals surface area contributed by atoms with Gasteiger partial charge in [-0.15, -0.1) is 0 Å². The highest BCUT2D eigenvalue weighted by Crippen LogP contribution is 2.49. The fraction of sp³-hybridized carbons (Fsp3) is 0.222. The third-order valence-electron chi connectivity index (χ3n) is 4.37. The van der Waals surface area contributed by atoms with Crippen molar-refractivity contribution in [1.82, 2.24) is 10.3 Å². The van der Waals surface area contributed by atoms with E-state index in [1.165, 1.54) is 23.7 Å². The van der Waals surface area contributed by atoms with Gasteiger partial charge in [0.05, 0.1) is 0 Å². The molecule has 0 fully saturated rings. The van der Waals surface area contributed by atoms with E-state index in [1.54, 1.807) is 0 Å². The Morgan fingerprint density at radius 1 is 1.28 bits per heavy atom. The molecule has 2 aromatic rings. The number of hydrogen-bond donors (Lipinski definition) is 1. The number of nitrogens with zero attached hydrogens (tertiary/aromatic N) is 2. The van der Waals surface area contributed by atoms with Crippen LogP contribution in [0.4, 0.5) is 8.78 Å². The van der Waals surface area contributed by atoms with Gasteiger partial charge in [-0.1, -0.05) is 36.0 Å². The van der Waals surface area contributed by atoms with Gasteiger partial charge in [0, 0.05) is 25.6 Å². The maximum atomic E-state index is 14.2. The number of fused-ring (bicyclic) bond motifs is 2. The summed E-state index contributed by atoms with van der Waals surface area (Å²) in [5, 5.41) is 9.33. The number of hydrazone groups is 1. The predicted octanol–water partition coefficient (Wildman–Crippen LogP) is 3.18. The van der Waals surface area contributed by atoms with Crippen molar-refractivity contribution >= 4 is 22.7 Å². The lowest BCUT2D eigenvalue weighted by Crippen LogP contribution is -2.50. The van der Waals surface area contributed by atoms with Gasteiger partial charge in [0.2, 0.25) is 5.91 Å². The van der Waals surface area contributed by atoms with Crippen LogP contribution in [0.5, 0.6) is 0 Å². The van der Waals surface area contributed by atoms with Crippen molar-refractivity contribution in [2.45, 2.75) is 18.3 Å². The van der Waals surface area contributed by atoms with Crippen molar-refractivity contribution in [2.75, 3.05) is 6.54 Å². The summed E-state index contributed by atoms with van der Waals surface area (Å²) in [4.78, 5) is 11.5. The van der Waals surface area contributed by atoms with E-state index in [0.717, 1.165) is 29.3 Å². The highest BCUT2D eigenvalue weighted by molar-refractivity contribution is 8.15. The van der Waals surface area contributed by atoms with E-state index in [9.17, 15) is 13.6 Å². The quantitative estimate of drug-likeness (QED) is 0.851. The van der Waals surface area contributed by atoms with Crippen molar-refractivity contribution in [3.05, 3.63) is 70.8 Å². The first-order valence-corrected chi connectivity index (χ1v) is 8.66. The zero-order chi connectivity index (χ0) is 17.6. The molecule has 1 amide bonds. The van der Waals surface area contributed by atoms with Gasteiger partial charge >= 0.3 is 0 Å². The van der Waals surface area contributed by atoms with Gasteiger partial charge in [0.15, 0.2) is 4.87 Å². The molecular formula is C18H15F2N3OS. The van der Waals surface area contributed by atoms with Crippen LogP contribution in [0.15, 0.2) is 47.6 Å². The molecule has 7 heteroatoms. The maximum absolute atomic E-state index is 14.2. The zero-order valence-electron chi connectivity index (χ0n) is 13.4. The minimum Gasteiger partial charge on any atom is -0.309 e.